The third-order valence-electron chi connectivity index (χ3n) is 4.23. The summed E-state index contributed by atoms with van der Waals surface area (Å²) in [5.74, 6) is -0.0963. The zero-order valence-corrected chi connectivity index (χ0v) is 12.6. The highest BCUT2D eigenvalue weighted by Crippen LogP contribution is 2.31. The number of hydrogen-bond acceptors (Lipinski definition) is 6. The van der Waals surface area contributed by atoms with Gasteiger partial charge in [0, 0.05) is 6.20 Å². The Morgan fingerprint density at radius 3 is 2.74 bits per heavy atom. The third kappa shape index (κ3) is 2.79. The van der Waals surface area contributed by atoms with Crippen molar-refractivity contribution in [3.8, 4) is 6.07 Å². The van der Waals surface area contributed by atoms with Crippen LogP contribution in [-0.2, 0) is 5.41 Å². The smallest absolute Gasteiger partial charge is 0.215 e. The van der Waals surface area contributed by atoms with Crippen molar-refractivity contribution in [3.05, 3.63) is 53.5 Å². The van der Waals surface area contributed by atoms with Gasteiger partial charge in [0.2, 0.25) is 5.78 Å². The monoisotopic (exact) mass is 307 g/mol. The molecular formula is C17H17N5O. The fourth-order valence-electron chi connectivity index (χ4n) is 2.85. The van der Waals surface area contributed by atoms with Crippen LogP contribution in [0.5, 0.6) is 0 Å². The number of hydrogen-bond donors (Lipinski definition) is 2. The minimum Gasteiger partial charge on any atom is -0.383 e. The average Bonchev–Trinajstić information content (AvgIpc) is 2.62. The Balaban J connectivity index is 1.99. The van der Waals surface area contributed by atoms with Crippen molar-refractivity contribution in [1.82, 2.24) is 15.3 Å². The van der Waals surface area contributed by atoms with Gasteiger partial charge < -0.3 is 11.1 Å². The Morgan fingerprint density at radius 2 is 2.04 bits per heavy atom. The van der Waals surface area contributed by atoms with E-state index < -0.39 is 5.41 Å². The average molecular weight is 307 g/mol. The number of nitrogens with two attached hydrogens (primary N) is 1. The number of ketones is 1. The maximum Gasteiger partial charge on any atom is 0.215 e. The van der Waals surface area contributed by atoms with Gasteiger partial charge in [-0.2, -0.15) is 5.26 Å². The first-order valence-electron chi connectivity index (χ1n) is 7.51. The number of rotatable bonds is 3. The maximum absolute atomic E-state index is 12.6. The zero-order valence-electron chi connectivity index (χ0n) is 12.6. The molecule has 0 aliphatic carbocycles. The number of carbonyl (C=O) groups is 1. The molecule has 0 aromatic carbocycles. The fraction of sp³-hybridized carbons (Fsp3) is 0.294. The first-order chi connectivity index (χ1) is 11.2. The van der Waals surface area contributed by atoms with Crippen LogP contribution in [0.1, 0.15) is 34.6 Å². The minimum absolute atomic E-state index is 0.182. The highest BCUT2D eigenvalue weighted by Gasteiger charge is 2.35. The Labute approximate surface area is 134 Å². The summed E-state index contributed by atoms with van der Waals surface area (Å²) in [7, 11) is 0. The molecule has 1 aliphatic rings. The van der Waals surface area contributed by atoms with Gasteiger partial charge in [-0.3, -0.25) is 4.79 Å². The second kappa shape index (κ2) is 6.15. The lowest BCUT2D eigenvalue weighted by atomic mass is 9.77. The number of aromatic nitrogens is 2. The lowest BCUT2D eigenvalue weighted by Gasteiger charge is -2.30. The highest BCUT2D eigenvalue weighted by atomic mass is 16.1. The fourth-order valence-corrected chi connectivity index (χ4v) is 2.85. The molecule has 3 N–H and O–H groups in total. The Kier molecular flexibility index (Phi) is 4.04. The predicted molar refractivity (Wildman–Crippen MR) is 85.7 cm³/mol. The topological polar surface area (TPSA) is 105 Å². The van der Waals surface area contributed by atoms with E-state index in [2.05, 4.69) is 21.4 Å². The SMILES string of the molecule is N#CC1(c2cccc(C(=O)c3cccnc3N)n2)CCNCC1. The van der Waals surface area contributed by atoms with Crippen LogP contribution in [0.15, 0.2) is 36.5 Å². The molecule has 1 fully saturated rings. The number of nitrogen functional groups attached to an aromatic ring is 1. The molecule has 6 nitrogen and oxygen atoms in total. The second-order valence-corrected chi connectivity index (χ2v) is 5.62. The van der Waals surface area contributed by atoms with Crippen LogP contribution in [0.3, 0.4) is 0 Å². The molecular weight excluding hydrogens is 290 g/mol. The zero-order chi connectivity index (χ0) is 16.3. The van der Waals surface area contributed by atoms with Crippen molar-refractivity contribution in [3.63, 3.8) is 0 Å². The molecule has 116 valence electrons. The number of nitrogens with zero attached hydrogens (tertiary/aromatic N) is 3. The third-order valence-corrected chi connectivity index (χ3v) is 4.23. The number of carbonyl (C=O) groups excluding carboxylic acids is 1. The first-order valence-corrected chi connectivity index (χ1v) is 7.51. The molecule has 0 unspecified atom stereocenters. The van der Waals surface area contributed by atoms with Crippen LogP contribution in [0.25, 0.3) is 0 Å². The molecule has 6 heteroatoms. The summed E-state index contributed by atoms with van der Waals surface area (Å²) in [5, 5.41) is 12.9. The van der Waals surface area contributed by atoms with Gasteiger partial charge in [-0.1, -0.05) is 6.07 Å². The van der Waals surface area contributed by atoms with Gasteiger partial charge in [0.25, 0.3) is 0 Å². The van der Waals surface area contributed by atoms with E-state index in [4.69, 9.17) is 5.73 Å². The molecule has 1 saturated heterocycles. The number of anilines is 1. The summed E-state index contributed by atoms with van der Waals surface area (Å²) >= 11 is 0. The molecule has 3 heterocycles. The standard InChI is InChI=1S/C17H17N5O/c18-11-17(6-9-20-10-7-17)14-5-1-4-13(22-14)15(23)12-3-2-8-21-16(12)19/h1-5,8,20H,6-7,9-10H2,(H2,19,21). The van der Waals surface area contributed by atoms with Crippen molar-refractivity contribution in [1.29, 1.82) is 5.26 Å². The summed E-state index contributed by atoms with van der Waals surface area (Å²) in [6, 6.07) is 10.9. The van der Waals surface area contributed by atoms with Crippen molar-refractivity contribution in [2.24, 2.45) is 0 Å². The largest absolute Gasteiger partial charge is 0.383 e. The molecule has 2 aromatic rings. The molecule has 0 saturated carbocycles. The summed E-state index contributed by atoms with van der Waals surface area (Å²) in [6.45, 7) is 1.53. The number of nitrogens with one attached hydrogen (secondary N) is 1. The quantitative estimate of drug-likeness (QED) is 0.831. The lowest BCUT2D eigenvalue weighted by Crippen LogP contribution is -2.39. The molecule has 0 bridgehead atoms. The van der Waals surface area contributed by atoms with Gasteiger partial charge in [-0.05, 0) is 50.2 Å². The number of piperidine rings is 1. The van der Waals surface area contributed by atoms with Crippen LogP contribution in [0.2, 0.25) is 0 Å². The Hall–Kier alpha value is -2.78. The van der Waals surface area contributed by atoms with Gasteiger partial charge in [-0.15, -0.1) is 0 Å². The Morgan fingerprint density at radius 1 is 1.26 bits per heavy atom. The van der Waals surface area contributed by atoms with Gasteiger partial charge in [0.05, 0.1) is 17.3 Å². The van der Waals surface area contributed by atoms with Gasteiger partial charge in [-0.25, -0.2) is 9.97 Å². The van der Waals surface area contributed by atoms with E-state index in [1.807, 2.05) is 6.07 Å². The molecule has 23 heavy (non-hydrogen) atoms. The molecule has 1 aliphatic heterocycles. The molecule has 0 radical (unpaired) electrons. The number of pyridine rings is 2. The van der Waals surface area contributed by atoms with Crippen molar-refractivity contribution in [2.45, 2.75) is 18.3 Å². The summed E-state index contributed by atoms with van der Waals surface area (Å²) in [6.07, 6.45) is 2.90. The summed E-state index contributed by atoms with van der Waals surface area (Å²) in [4.78, 5) is 21.0. The second-order valence-electron chi connectivity index (χ2n) is 5.62. The van der Waals surface area contributed by atoms with Crippen molar-refractivity contribution >= 4 is 11.6 Å². The lowest BCUT2D eigenvalue weighted by molar-refractivity contribution is 0.103. The van der Waals surface area contributed by atoms with Crippen LogP contribution in [0, 0.1) is 11.3 Å². The molecule has 0 spiro atoms. The van der Waals surface area contributed by atoms with Crippen LogP contribution < -0.4 is 11.1 Å². The van der Waals surface area contributed by atoms with Gasteiger partial charge in [0.1, 0.15) is 16.9 Å². The minimum atomic E-state index is -0.637. The summed E-state index contributed by atoms with van der Waals surface area (Å²) in [5.41, 5.74) is 6.40. The van der Waals surface area contributed by atoms with E-state index in [-0.39, 0.29) is 17.3 Å². The molecule has 0 amide bonds. The molecule has 0 atom stereocenters. The van der Waals surface area contributed by atoms with Crippen LogP contribution >= 0.6 is 0 Å². The van der Waals surface area contributed by atoms with E-state index in [1.54, 1.807) is 24.3 Å². The van der Waals surface area contributed by atoms with Crippen LogP contribution in [0.4, 0.5) is 5.82 Å². The van der Waals surface area contributed by atoms with E-state index >= 15 is 0 Å². The summed E-state index contributed by atoms with van der Waals surface area (Å²) < 4.78 is 0. The van der Waals surface area contributed by atoms with Gasteiger partial charge >= 0.3 is 0 Å². The van der Waals surface area contributed by atoms with Gasteiger partial charge in [0.15, 0.2) is 0 Å². The van der Waals surface area contributed by atoms with E-state index in [9.17, 15) is 10.1 Å². The number of nitriles is 1. The van der Waals surface area contributed by atoms with E-state index in [1.165, 1.54) is 6.20 Å². The highest BCUT2D eigenvalue weighted by molar-refractivity contribution is 6.10. The van der Waals surface area contributed by atoms with Crippen molar-refractivity contribution < 1.29 is 4.79 Å². The van der Waals surface area contributed by atoms with E-state index in [0.717, 1.165) is 13.1 Å². The Bertz CT molecular complexity index is 775. The first kappa shape index (κ1) is 15.1. The normalized spacial score (nSPS) is 16.5. The van der Waals surface area contributed by atoms with Crippen molar-refractivity contribution in [2.75, 3.05) is 18.8 Å². The van der Waals surface area contributed by atoms with Crippen LogP contribution in [-0.4, -0.2) is 28.8 Å². The molecule has 3 rings (SSSR count). The van der Waals surface area contributed by atoms with E-state index in [0.29, 0.717) is 24.1 Å². The molecule has 2 aromatic heterocycles. The maximum atomic E-state index is 12.6. The predicted octanol–water partition coefficient (Wildman–Crippen LogP) is 1.43.